The van der Waals surface area contributed by atoms with Gasteiger partial charge < -0.3 is 19.6 Å². The summed E-state index contributed by atoms with van der Waals surface area (Å²) in [5.74, 6) is -0.739. The fourth-order valence-electron chi connectivity index (χ4n) is 2.44. The lowest BCUT2D eigenvalue weighted by Gasteiger charge is -2.20. The maximum absolute atomic E-state index is 11.8. The molecule has 0 saturated carbocycles. The summed E-state index contributed by atoms with van der Waals surface area (Å²) in [4.78, 5) is 22.9. The van der Waals surface area contributed by atoms with Crippen LogP contribution in [0.2, 0.25) is 0 Å². The third-order valence-corrected chi connectivity index (χ3v) is 4.33. The van der Waals surface area contributed by atoms with Crippen molar-refractivity contribution in [2.24, 2.45) is 0 Å². The van der Waals surface area contributed by atoms with E-state index in [1.807, 2.05) is 18.2 Å². The predicted molar refractivity (Wildman–Crippen MR) is 123 cm³/mol. The highest BCUT2D eigenvalue weighted by atomic mass is 79.9. The number of carbonyl (C=O) groups excluding carboxylic acids is 1. The Morgan fingerprint density at radius 2 is 1.78 bits per heavy atom. The number of halogens is 1. The molecule has 3 rings (SSSR count). The van der Waals surface area contributed by atoms with Crippen molar-refractivity contribution in [1.29, 1.82) is 0 Å². The number of carbonyl (C=O) groups is 2. The Bertz CT molecular complexity index is 1060. The van der Waals surface area contributed by atoms with Crippen LogP contribution in [0.5, 0.6) is 0 Å². The largest absolute Gasteiger partial charge is 0.478 e. The van der Waals surface area contributed by atoms with Gasteiger partial charge in [-0.25, -0.2) is 9.59 Å². The average Bonchev–Trinajstić information content (AvgIpc) is 3.17. The molecule has 8 nitrogen and oxygen atoms in total. The summed E-state index contributed by atoms with van der Waals surface area (Å²) in [7, 11) is 0. The molecule has 32 heavy (non-hydrogen) atoms. The van der Waals surface area contributed by atoms with E-state index in [4.69, 9.17) is 14.3 Å². The lowest BCUT2D eigenvalue weighted by atomic mass is 10.1. The van der Waals surface area contributed by atoms with Crippen molar-refractivity contribution in [2.45, 2.75) is 46.3 Å². The molecule has 0 bridgehead atoms. The summed E-state index contributed by atoms with van der Waals surface area (Å²) in [6.07, 6.45) is -0.602. The number of carboxylic acid groups (broad SMARTS) is 1. The molecule has 0 aliphatic rings. The summed E-state index contributed by atoms with van der Waals surface area (Å²) in [6, 6.07) is 14.3. The van der Waals surface area contributed by atoms with Crippen molar-refractivity contribution in [1.82, 2.24) is 15.5 Å². The Kier molecular flexibility index (Phi) is 8.54. The Morgan fingerprint density at radius 3 is 2.31 bits per heavy atom. The van der Waals surface area contributed by atoms with Gasteiger partial charge >= 0.3 is 12.1 Å². The molecule has 1 aromatic heterocycles. The van der Waals surface area contributed by atoms with Gasteiger partial charge in [0.15, 0.2) is 0 Å². The van der Waals surface area contributed by atoms with E-state index in [2.05, 4.69) is 50.5 Å². The Labute approximate surface area is 195 Å². The van der Waals surface area contributed by atoms with Crippen molar-refractivity contribution < 1.29 is 23.8 Å². The molecule has 9 heteroatoms. The van der Waals surface area contributed by atoms with Crippen molar-refractivity contribution in [2.75, 3.05) is 0 Å². The topological polar surface area (TPSA) is 115 Å². The van der Waals surface area contributed by atoms with E-state index >= 15 is 0 Å². The summed E-state index contributed by atoms with van der Waals surface area (Å²) < 4.78 is 11.3. The minimum atomic E-state index is -1.07. The van der Waals surface area contributed by atoms with Crippen LogP contribution in [0, 0.1) is 6.92 Å². The van der Waals surface area contributed by atoms with Gasteiger partial charge in [-0.05, 0) is 52.8 Å². The molecule has 0 aliphatic heterocycles. The molecule has 2 aromatic carbocycles. The molecule has 0 fully saturated rings. The number of benzene rings is 2. The smallest absolute Gasteiger partial charge is 0.408 e. The molecule has 0 saturated heterocycles. The lowest BCUT2D eigenvalue weighted by Crippen LogP contribution is -2.34. The second kappa shape index (κ2) is 10.9. The highest BCUT2D eigenvalue weighted by Crippen LogP contribution is 2.26. The van der Waals surface area contributed by atoms with Gasteiger partial charge in [-0.15, -0.1) is 10.2 Å². The number of rotatable bonds is 4. The van der Waals surface area contributed by atoms with Gasteiger partial charge in [-0.1, -0.05) is 51.8 Å². The molecule has 1 amide bonds. The van der Waals surface area contributed by atoms with Gasteiger partial charge in [-0.2, -0.15) is 0 Å². The fourth-order valence-corrected chi connectivity index (χ4v) is 2.94. The fraction of sp³-hybridized carbons (Fsp3) is 0.304. The first-order chi connectivity index (χ1) is 14.9. The van der Waals surface area contributed by atoms with Gasteiger partial charge in [-0.3, -0.25) is 0 Å². The zero-order chi connectivity index (χ0) is 23.9. The number of amides is 1. The van der Waals surface area contributed by atoms with E-state index in [0.717, 1.165) is 0 Å². The number of nitrogens with one attached hydrogen (secondary N) is 1. The highest BCUT2D eigenvalue weighted by Gasteiger charge is 2.22. The van der Waals surface area contributed by atoms with Crippen LogP contribution in [0.25, 0.3) is 11.5 Å². The number of aromatic nitrogens is 2. The summed E-state index contributed by atoms with van der Waals surface area (Å²) in [5, 5.41) is 19.5. The molecule has 1 heterocycles. The Morgan fingerprint density at radius 1 is 1.12 bits per heavy atom. The number of ether oxygens (including phenoxy) is 1. The number of hydrogen-bond acceptors (Lipinski definition) is 6. The second-order valence-electron chi connectivity index (χ2n) is 8.00. The van der Waals surface area contributed by atoms with Crippen LogP contribution < -0.4 is 5.32 Å². The van der Waals surface area contributed by atoms with E-state index in [1.54, 1.807) is 33.8 Å². The zero-order valence-corrected chi connectivity index (χ0v) is 20.1. The molecule has 1 unspecified atom stereocenters. The van der Waals surface area contributed by atoms with Gasteiger partial charge in [0.2, 0.25) is 11.8 Å². The molecular formula is C23H26BrN3O5. The minimum Gasteiger partial charge on any atom is -0.478 e. The third-order valence-electron chi connectivity index (χ3n) is 3.88. The highest BCUT2D eigenvalue weighted by molar-refractivity contribution is 9.10. The average molecular weight is 504 g/mol. The molecule has 0 aliphatic carbocycles. The Hall–Kier alpha value is -3.20. The molecule has 0 radical (unpaired) electrons. The predicted octanol–water partition coefficient (Wildman–Crippen LogP) is 5.78. The van der Waals surface area contributed by atoms with Crippen molar-refractivity contribution in [3.05, 3.63) is 70.0 Å². The molecule has 1 atom stereocenters. The van der Waals surface area contributed by atoms with Crippen LogP contribution in [-0.4, -0.2) is 33.0 Å². The van der Waals surface area contributed by atoms with Gasteiger partial charge in [0.1, 0.15) is 11.6 Å². The van der Waals surface area contributed by atoms with Gasteiger partial charge in [0.25, 0.3) is 0 Å². The molecule has 2 N–H and O–H groups in total. The maximum Gasteiger partial charge on any atom is 0.408 e. The number of alkyl carbamates (subject to hydrolysis) is 1. The first-order valence-electron chi connectivity index (χ1n) is 9.83. The molecule has 3 aromatic rings. The number of aryl methyl sites for hydroxylation is 1. The second-order valence-corrected chi connectivity index (χ2v) is 8.92. The van der Waals surface area contributed by atoms with Gasteiger partial charge in [0.05, 0.1) is 5.56 Å². The van der Waals surface area contributed by atoms with Gasteiger partial charge in [0, 0.05) is 10.0 Å². The monoisotopic (exact) mass is 503 g/mol. The van der Waals surface area contributed by atoms with Crippen LogP contribution in [-0.2, 0) is 4.74 Å². The van der Waals surface area contributed by atoms with E-state index in [-0.39, 0.29) is 17.3 Å². The van der Waals surface area contributed by atoms with Crippen LogP contribution >= 0.6 is 15.9 Å². The van der Waals surface area contributed by atoms with E-state index in [0.29, 0.717) is 10.0 Å². The molecule has 0 spiro atoms. The summed E-state index contributed by atoms with van der Waals surface area (Å²) in [5.41, 5.74) is 1.24. The zero-order valence-electron chi connectivity index (χ0n) is 18.5. The SMILES string of the molecule is CC(NC(=O)OC(C)(C)C)c1nnc(-c2cc(Br)cc(C(=O)O)c2)o1.Cc1ccccc1. The van der Waals surface area contributed by atoms with Crippen molar-refractivity contribution in [3.63, 3.8) is 0 Å². The van der Waals surface area contributed by atoms with Crippen molar-refractivity contribution >= 4 is 28.0 Å². The molecule has 170 valence electrons. The van der Waals surface area contributed by atoms with E-state index in [1.165, 1.54) is 17.7 Å². The third kappa shape index (κ3) is 8.14. The van der Waals surface area contributed by atoms with Crippen LogP contribution in [0.1, 0.15) is 55.5 Å². The number of carboxylic acids is 1. The first-order valence-corrected chi connectivity index (χ1v) is 10.6. The molecular weight excluding hydrogens is 478 g/mol. The summed E-state index contributed by atoms with van der Waals surface area (Å²) >= 11 is 3.25. The van der Waals surface area contributed by atoms with Crippen molar-refractivity contribution in [3.8, 4) is 11.5 Å². The van der Waals surface area contributed by atoms with Crippen LogP contribution in [0.3, 0.4) is 0 Å². The maximum atomic E-state index is 11.8. The Balaban J connectivity index is 0.000000439. The minimum absolute atomic E-state index is 0.0871. The van der Waals surface area contributed by atoms with E-state index < -0.39 is 23.7 Å². The van der Waals surface area contributed by atoms with Crippen LogP contribution in [0.4, 0.5) is 4.79 Å². The standard InChI is InChI=1S/C16H18BrN3O5.C7H8/c1-8(18-15(23)25-16(2,3)4)12-19-20-13(24-12)9-5-10(14(21)22)7-11(17)6-9;1-7-5-3-2-4-6-7/h5-8H,1-4H3,(H,18,23)(H,21,22);2-6H,1H3. The van der Waals surface area contributed by atoms with Crippen LogP contribution in [0.15, 0.2) is 57.4 Å². The quantitative estimate of drug-likeness (QED) is 0.463. The first kappa shape index (κ1) is 25.1. The number of hydrogen-bond donors (Lipinski definition) is 2. The normalized spacial score (nSPS) is 11.7. The number of aromatic carboxylic acids is 1. The summed E-state index contributed by atoms with van der Waals surface area (Å²) in [6.45, 7) is 9.03. The number of nitrogens with zero attached hydrogens (tertiary/aromatic N) is 2. The van der Waals surface area contributed by atoms with E-state index in [9.17, 15) is 9.59 Å². The lowest BCUT2D eigenvalue weighted by molar-refractivity contribution is 0.0500.